The molecule has 1 aliphatic heterocycles. The van der Waals surface area contributed by atoms with Crippen molar-refractivity contribution in [1.29, 1.82) is 0 Å². The van der Waals surface area contributed by atoms with Crippen molar-refractivity contribution in [1.82, 2.24) is 10.2 Å². The fourth-order valence-corrected chi connectivity index (χ4v) is 1.54. The Morgan fingerprint density at radius 1 is 1.69 bits per heavy atom. The second kappa shape index (κ2) is 2.60. The molecule has 1 aromatic heterocycles. The van der Waals surface area contributed by atoms with Gasteiger partial charge in [0.15, 0.2) is 0 Å². The average molecular weight is 180 g/mol. The molecule has 4 heteroatoms. The highest BCUT2D eigenvalue weighted by molar-refractivity contribution is 5.81. The van der Waals surface area contributed by atoms with Gasteiger partial charge in [-0.05, 0) is 19.1 Å². The number of likely N-dealkylation sites (N-methyl/N-ethyl adjacent to an activating group) is 1. The second-order valence-corrected chi connectivity index (χ2v) is 3.36. The van der Waals surface area contributed by atoms with Crippen LogP contribution < -0.4 is 5.32 Å². The maximum Gasteiger partial charge on any atom is 0.238 e. The fraction of sp³-hybridized carbons (Fsp3) is 0.444. The Kier molecular flexibility index (Phi) is 1.66. The zero-order valence-electron chi connectivity index (χ0n) is 7.70. The Bertz CT molecular complexity index is 320. The van der Waals surface area contributed by atoms with Crippen LogP contribution in [0.2, 0.25) is 0 Å². The minimum atomic E-state index is -0.486. The Hall–Kier alpha value is -1.29. The molecular formula is C9H12N2O2. The van der Waals surface area contributed by atoms with E-state index < -0.39 is 5.66 Å². The van der Waals surface area contributed by atoms with Crippen molar-refractivity contribution in [3.05, 3.63) is 24.2 Å². The van der Waals surface area contributed by atoms with E-state index in [-0.39, 0.29) is 5.91 Å². The summed E-state index contributed by atoms with van der Waals surface area (Å²) < 4.78 is 5.28. The van der Waals surface area contributed by atoms with Crippen LogP contribution in [-0.4, -0.2) is 24.4 Å². The van der Waals surface area contributed by atoms with Crippen LogP contribution in [0.4, 0.5) is 0 Å². The standard InChI is InChI=1S/C9H12N2O2/c1-9(7-4-3-5-13-7)10-6-8(12)11(9)2/h3-5,10H,6H2,1-2H3. The van der Waals surface area contributed by atoms with Gasteiger partial charge in [0.05, 0.1) is 12.8 Å². The number of nitrogens with zero attached hydrogens (tertiary/aromatic N) is 1. The molecule has 1 unspecified atom stereocenters. The van der Waals surface area contributed by atoms with Gasteiger partial charge in [0.25, 0.3) is 0 Å². The van der Waals surface area contributed by atoms with E-state index in [2.05, 4.69) is 5.32 Å². The SMILES string of the molecule is CN1C(=O)CNC1(C)c1ccco1. The first-order valence-corrected chi connectivity index (χ1v) is 4.20. The smallest absolute Gasteiger partial charge is 0.238 e. The van der Waals surface area contributed by atoms with Gasteiger partial charge in [-0.2, -0.15) is 0 Å². The van der Waals surface area contributed by atoms with Crippen molar-refractivity contribution >= 4 is 5.91 Å². The number of nitrogens with one attached hydrogen (secondary N) is 1. The van der Waals surface area contributed by atoms with Crippen LogP contribution in [0.25, 0.3) is 0 Å². The molecule has 1 aliphatic rings. The van der Waals surface area contributed by atoms with Crippen LogP contribution >= 0.6 is 0 Å². The lowest BCUT2D eigenvalue weighted by Gasteiger charge is -2.29. The highest BCUT2D eigenvalue weighted by Gasteiger charge is 2.42. The topological polar surface area (TPSA) is 45.5 Å². The molecule has 1 saturated heterocycles. The van der Waals surface area contributed by atoms with Gasteiger partial charge in [-0.1, -0.05) is 0 Å². The van der Waals surface area contributed by atoms with Crippen molar-refractivity contribution < 1.29 is 9.21 Å². The van der Waals surface area contributed by atoms with Gasteiger partial charge in [0.1, 0.15) is 11.4 Å². The maximum absolute atomic E-state index is 11.3. The Morgan fingerprint density at radius 3 is 2.92 bits per heavy atom. The number of rotatable bonds is 1. The van der Waals surface area contributed by atoms with E-state index >= 15 is 0 Å². The number of carbonyl (C=O) groups excluding carboxylic acids is 1. The quantitative estimate of drug-likeness (QED) is 0.685. The van der Waals surface area contributed by atoms with Crippen LogP contribution in [-0.2, 0) is 10.5 Å². The lowest BCUT2D eigenvalue weighted by molar-refractivity contribution is -0.129. The minimum absolute atomic E-state index is 0.0823. The highest BCUT2D eigenvalue weighted by Crippen LogP contribution is 2.27. The Morgan fingerprint density at radius 2 is 2.46 bits per heavy atom. The summed E-state index contributed by atoms with van der Waals surface area (Å²) in [6.45, 7) is 2.30. The molecule has 0 aromatic carbocycles. The van der Waals surface area contributed by atoms with Crippen molar-refractivity contribution in [2.24, 2.45) is 0 Å². The zero-order valence-corrected chi connectivity index (χ0v) is 7.70. The van der Waals surface area contributed by atoms with Crippen molar-refractivity contribution in [2.75, 3.05) is 13.6 Å². The summed E-state index contributed by atoms with van der Waals surface area (Å²) in [6, 6.07) is 3.68. The molecule has 0 spiro atoms. The predicted molar refractivity (Wildman–Crippen MR) is 46.8 cm³/mol. The Balaban J connectivity index is 2.37. The van der Waals surface area contributed by atoms with E-state index in [9.17, 15) is 4.79 Å². The number of carbonyl (C=O) groups is 1. The predicted octanol–water partition coefficient (Wildman–Crippen LogP) is 0.514. The van der Waals surface area contributed by atoms with E-state index in [1.165, 1.54) is 0 Å². The molecule has 4 nitrogen and oxygen atoms in total. The molecule has 0 bridgehead atoms. The summed E-state index contributed by atoms with van der Waals surface area (Å²) in [5.74, 6) is 0.847. The number of furan rings is 1. The minimum Gasteiger partial charge on any atom is -0.465 e. The average Bonchev–Trinajstić information content (AvgIpc) is 2.71. The van der Waals surface area contributed by atoms with Crippen LogP contribution in [0.3, 0.4) is 0 Å². The normalized spacial score (nSPS) is 28.5. The van der Waals surface area contributed by atoms with Gasteiger partial charge in [0, 0.05) is 7.05 Å². The molecule has 70 valence electrons. The fourth-order valence-electron chi connectivity index (χ4n) is 1.54. The maximum atomic E-state index is 11.3. The summed E-state index contributed by atoms with van der Waals surface area (Å²) in [7, 11) is 1.77. The molecule has 0 aliphatic carbocycles. The molecule has 13 heavy (non-hydrogen) atoms. The third-order valence-electron chi connectivity index (χ3n) is 2.63. The molecule has 0 saturated carbocycles. The highest BCUT2D eigenvalue weighted by atomic mass is 16.3. The van der Waals surface area contributed by atoms with Gasteiger partial charge < -0.3 is 9.32 Å². The van der Waals surface area contributed by atoms with Crippen molar-refractivity contribution in [3.63, 3.8) is 0 Å². The first-order chi connectivity index (χ1) is 6.14. The van der Waals surface area contributed by atoms with E-state index in [0.29, 0.717) is 6.54 Å². The van der Waals surface area contributed by atoms with E-state index in [1.54, 1.807) is 18.2 Å². The van der Waals surface area contributed by atoms with E-state index in [0.717, 1.165) is 5.76 Å². The largest absolute Gasteiger partial charge is 0.465 e. The first kappa shape index (κ1) is 8.31. The van der Waals surface area contributed by atoms with Crippen LogP contribution in [0, 0.1) is 0 Å². The van der Waals surface area contributed by atoms with Gasteiger partial charge in [-0.25, -0.2) is 0 Å². The third-order valence-corrected chi connectivity index (χ3v) is 2.63. The molecule has 1 aromatic rings. The van der Waals surface area contributed by atoms with Crippen molar-refractivity contribution in [2.45, 2.75) is 12.6 Å². The van der Waals surface area contributed by atoms with Crippen LogP contribution in [0.1, 0.15) is 12.7 Å². The monoisotopic (exact) mass is 180 g/mol. The molecule has 1 atom stereocenters. The van der Waals surface area contributed by atoms with Gasteiger partial charge >= 0.3 is 0 Å². The molecule has 0 radical (unpaired) electrons. The molecular weight excluding hydrogens is 168 g/mol. The van der Waals surface area contributed by atoms with Crippen LogP contribution in [0.15, 0.2) is 22.8 Å². The van der Waals surface area contributed by atoms with E-state index in [4.69, 9.17) is 4.42 Å². The number of amides is 1. The molecule has 2 rings (SSSR count). The van der Waals surface area contributed by atoms with Gasteiger partial charge in [-0.3, -0.25) is 10.1 Å². The van der Waals surface area contributed by atoms with Gasteiger partial charge in [0.2, 0.25) is 5.91 Å². The summed E-state index contributed by atoms with van der Waals surface area (Å²) >= 11 is 0. The molecule has 2 heterocycles. The number of hydrogen-bond acceptors (Lipinski definition) is 3. The zero-order chi connectivity index (χ0) is 9.47. The second-order valence-electron chi connectivity index (χ2n) is 3.36. The first-order valence-electron chi connectivity index (χ1n) is 4.20. The lowest BCUT2D eigenvalue weighted by atomic mass is 10.1. The Labute approximate surface area is 76.5 Å². The van der Waals surface area contributed by atoms with E-state index in [1.807, 2.05) is 19.1 Å². The molecule has 1 N–H and O–H groups in total. The molecule has 1 amide bonds. The summed E-state index contributed by atoms with van der Waals surface area (Å²) in [6.07, 6.45) is 1.61. The van der Waals surface area contributed by atoms with Gasteiger partial charge in [-0.15, -0.1) is 0 Å². The number of hydrogen-bond donors (Lipinski definition) is 1. The summed E-state index contributed by atoms with van der Waals surface area (Å²) in [5.41, 5.74) is -0.486. The van der Waals surface area contributed by atoms with Crippen LogP contribution in [0.5, 0.6) is 0 Å². The summed E-state index contributed by atoms with van der Waals surface area (Å²) in [4.78, 5) is 13.0. The lowest BCUT2D eigenvalue weighted by Crippen LogP contribution is -2.44. The van der Waals surface area contributed by atoms with Crippen molar-refractivity contribution in [3.8, 4) is 0 Å². The molecule has 1 fully saturated rings. The third kappa shape index (κ3) is 1.06. The summed E-state index contributed by atoms with van der Waals surface area (Å²) in [5, 5.41) is 3.12.